The van der Waals surface area contributed by atoms with Gasteiger partial charge < -0.3 is 10.5 Å². The molecule has 0 amide bonds. The molecule has 5 nitrogen and oxygen atoms in total. The first-order valence-corrected chi connectivity index (χ1v) is 5.91. The van der Waals surface area contributed by atoms with Gasteiger partial charge in [0.15, 0.2) is 0 Å². The second-order valence-corrected chi connectivity index (χ2v) is 4.49. The normalized spacial score (nSPS) is 12.4. The minimum absolute atomic E-state index is 0.157. The summed E-state index contributed by atoms with van der Waals surface area (Å²) >= 11 is 5.94. The van der Waals surface area contributed by atoms with Gasteiger partial charge in [-0.3, -0.25) is 0 Å². The van der Waals surface area contributed by atoms with Crippen molar-refractivity contribution in [3.63, 3.8) is 0 Å². The zero-order valence-corrected chi connectivity index (χ0v) is 10.9. The molecule has 1 atom stereocenters. The van der Waals surface area contributed by atoms with Crippen LogP contribution in [0.3, 0.4) is 0 Å². The van der Waals surface area contributed by atoms with Gasteiger partial charge in [0, 0.05) is 16.6 Å². The summed E-state index contributed by atoms with van der Waals surface area (Å²) in [5, 5.41) is 8.08. The zero-order chi connectivity index (χ0) is 13.1. The Labute approximate surface area is 110 Å². The van der Waals surface area contributed by atoms with Gasteiger partial charge in [0.2, 0.25) is 0 Å². The lowest BCUT2D eigenvalue weighted by Crippen LogP contribution is -2.08. The van der Waals surface area contributed by atoms with Crippen molar-refractivity contribution in [2.45, 2.75) is 26.5 Å². The predicted molar refractivity (Wildman–Crippen MR) is 67.4 cm³/mol. The van der Waals surface area contributed by atoms with Crippen molar-refractivity contribution in [3.05, 3.63) is 40.2 Å². The van der Waals surface area contributed by atoms with Crippen molar-refractivity contribution in [2.75, 3.05) is 0 Å². The highest BCUT2D eigenvalue weighted by Crippen LogP contribution is 2.27. The molecule has 1 heterocycles. The summed E-state index contributed by atoms with van der Waals surface area (Å²) in [6, 6.07) is 5.20. The molecule has 2 aromatic rings. The Bertz CT molecular complexity index is 540. The van der Waals surface area contributed by atoms with Crippen molar-refractivity contribution in [2.24, 2.45) is 5.73 Å². The molecule has 0 radical (unpaired) electrons. The number of hydrogen-bond donors (Lipinski definition) is 1. The summed E-state index contributed by atoms with van der Waals surface area (Å²) in [4.78, 5) is 0. The summed E-state index contributed by atoms with van der Waals surface area (Å²) in [5.74, 6) is 0.691. The smallest absolute Gasteiger partial charge is 0.145 e. The molecule has 0 aliphatic rings. The quantitative estimate of drug-likeness (QED) is 0.922. The standard InChI is InChI=1S/C12H14ClN3O2/c1-7(14)10-5-9(13)3-4-12(10)17-6-11-8(2)15-18-16-11/h3-5,7H,6,14H2,1-2H3/t7-/m1/s1. The maximum atomic E-state index is 5.94. The van der Waals surface area contributed by atoms with E-state index in [4.69, 9.17) is 22.1 Å². The Morgan fingerprint density at radius 1 is 1.44 bits per heavy atom. The van der Waals surface area contributed by atoms with Gasteiger partial charge in [0.05, 0.1) is 0 Å². The largest absolute Gasteiger partial charge is 0.487 e. The molecule has 0 saturated carbocycles. The fourth-order valence-electron chi connectivity index (χ4n) is 1.53. The van der Waals surface area contributed by atoms with E-state index in [1.807, 2.05) is 13.8 Å². The molecule has 0 aliphatic heterocycles. The summed E-state index contributed by atoms with van der Waals surface area (Å²) < 4.78 is 10.3. The molecule has 6 heteroatoms. The molecule has 96 valence electrons. The Hall–Kier alpha value is -1.59. The summed E-state index contributed by atoms with van der Waals surface area (Å²) in [6.07, 6.45) is 0. The fraction of sp³-hybridized carbons (Fsp3) is 0.333. The topological polar surface area (TPSA) is 74.2 Å². The fourth-order valence-corrected chi connectivity index (χ4v) is 1.71. The number of nitrogens with two attached hydrogens (primary N) is 1. The lowest BCUT2D eigenvalue weighted by atomic mass is 10.1. The highest BCUT2D eigenvalue weighted by Gasteiger charge is 2.11. The van der Waals surface area contributed by atoms with Crippen LogP contribution in [-0.2, 0) is 6.61 Å². The Balaban J connectivity index is 2.16. The number of ether oxygens (including phenoxy) is 1. The highest BCUT2D eigenvalue weighted by molar-refractivity contribution is 6.30. The number of nitrogens with zero attached hydrogens (tertiary/aromatic N) is 2. The van der Waals surface area contributed by atoms with Crippen LogP contribution in [0.2, 0.25) is 5.02 Å². The summed E-state index contributed by atoms with van der Waals surface area (Å²) in [5.41, 5.74) is 8.12. The average molecular weight is 268 g/mol. The first-order chi connectivity index (χ1) is 8.58. The van der Waals surface area contributed by atoms with E-state index in [2.05, 4.69) is 14.9 Å². The van der Waals surface area contributed by atoms with E-state index >= 15 is 0 Å². The van der Waals surface area contributed by atoms with Gasteiger partial charge in [-0.1, -0.05) is 21.9 Å². The van der Waals surface area contributed by atoms with Crippen LogP contribution in [0.15, 0.2) is 22.8 Å². The lowest BCUT2D eigenvalue weighted by Gasteiger charge is -2.13. The minimum Gasteiger partial charge on any atom is -0.487 e. The van der Waals surface area contributed by atoms with E-state index in [9.17, 15) is 0 Å². The second kappa shape index (κ2) is 5.37. The van der Waals surface area contributed by atoms with Crippen LogP contribution in [0.25, 0.3) is 0 Å². The van der Waals surface area contributed by atoms with Crippen molar-refractivity contribution in [1.29, 1.82) is 0 Å². The molecule has 0 aliphatic carbocycles. The van der Waals surface area contributed by atoms with Gasteiger partial charge in [0.1, 0.15) is 23.7 Å². The Morgan fingerprint density at radius 3 is 2.83 bits per heavy atom. The number of hydrogen-bond acceptors (Lipinski definition) is 5. The van der Waals surface area contributed by atoms with Gasteiger partial charge in [-0.15, -0.1) is 0 Å². The molecular formula is C12H14ClN3O2. The molecule has 0 unspecified atom stereocenters. The molecule has 18 heavy (non-hydrogen) atoms. The number of aryl methyl sites for hydroxylation is 1. The average Bonchev–Trinajstić information content (AvgIpc) is 2.73. The Kier molecular flexibility index (Phi) is 3.84. The maximum absolute atomic E-state index is 5.94. The maximum Gasteiger partial charge on any atom is 0.145 e. The number of benzene rings is 1. The molecule has 0 spiro atoms. The van der Waals surface area contributed by atoms with Crippen molar-refractivity contribution in [3.8, 4) is 5.75 Å². The van der Waals surface area contributed by atoms with Gasteiger partial charge in [-0.05, 0) is 32.0 Å². The van der Waals surface area contributed by atoms with Crippen LogP contribution >= 0.6 is 11.6 Å². The van der Waals surface area contributed by atoms with Crippen LogP contribution < -0.4 is 10.5 Å². The monoisotopic (exact) mass is 267 g/mol. The van der Waals surface area contributed by atoms with E-state index in [0.717, 1.165) is 5.56 Å². The van der Waals surface area contributed by atoms with Crippen LogP contribution in [0.5, 0.6) is 5.75 Å². The molecule has 1 aromatic heterocycles. The van der Waals surface area contributed by atoms with Crippen LogP contribution in [0, 0.1) is 6.92 Å². The molecule has 2 rings (SSSR count). The minimum atomic E-state index is -0.157. The predicted octanol–water partition coefficient (Wildman–Crippen LogP) is 2.63. The molecular weight excluding hydrogens is 254 g/mol. The van der Waals surface area contributed by atoms with Gasteiger partial charge >= 0.3 is 0 Å². The molecule has 1 aromatic carbocycles. The summed E-state index contributed by atoms with van der Waals surface area (Å²) in [7, 11) is 0. The third kappa shape index (κ3) is 2.80. The lowest BCUT2D eigenvalue weighted by molar-refractivity contribution is 0.268. The van der Waals surface area contributed by atoms with E-state index in [1.54, 1.807) is 18.2 Å². The Morgan fingerprint density at radius 2 is 2.22 bits per heavy atom. The van der Waals surface area contributed by atoms with E-state index in [1.165, 1.54) is 0 Å². The van der Waals surface area contributed by atoms with E-state index < -0.39 is 0 Å². The van der Waals surface area contributed by atoms with Gasteiger partial charge in [0.25, 0.3) is 0 Å². The van der Waals surface area contributed by atoms with Crippen LogP contribution in [0.4, 0.5) is 0 Å². The number of halogens is 1. The zero-order valence-electron chi connectivity index (χ0n) is 10.2. The van der Waals surface area contributed by atoms with Gasteiger partial charge in [-0.2, -0.15) is 0 Å². The molecule has 0 fully saturated rings. The van der Waals surface area contributed by atoms with Crippen molar-refractivity contribution < 1.29 is 9.37 Å². The van der Waals surface area contributed by atoms with E-state index in [0.29, 0.717) is 22.2 Å². The third-order valence-electron chi connectivity index (χ3n) is 2.57. The third-order valence-corrected chi connectivity index (χ3v) is 2.81. The van der Waals surface area contributed by atoms with Gasteiger partial charge in [-0.25, -0.2) is 4.63 Å². The van der Waals surface area contributed by atoms with Crippen molar-refractivity contribution in [1.82, 2.24) is 10.3 Å². The van der Waals surface area contributed by atoms with Crippen LogP contribution in [-0.4, -0.2) is 10.3 Å². The SMILES string of the molecule is Cc1nonc1COc1ccc(Cl)cc1[C@@H](C)N. The molecule has 0 bridgehead atoms. The number of rotatable bonds is 4. The number of aromatic nitrogens is 2. The first kappa shape index (κ1) is 12.9. The molecule has 2 N–H and O–H groups in total. The molecule has 0 saturated heterocycles. The highest BCUT2D eigenvalue weighted by atomic mass is 35.5. The second-order valence-electron chi connectivity index (χ2n) is 4.06. The first-order valence-electron chi connectivity index (χ1n) is 5.54. The van der Waals surface area contributed by atoms with E-state index in [-0.39, 0.29) is 12.6 Å². The van der Waals surface area contributed by atoms with Crippen LogP contribution in [0.1, 0.15) is 29.9 Å². The van der Waals surface area contributed by atoms with Crippen molar-refractivity contribution >= 4 is 11.6 Å². The summed E-state index contributed by atoms with van der Waals surface area (Å²) in [6.45, 7) is 3.97.